The molecule has 3 atom stereocenters. The van der Waals surface area contributed by atoms with Crippen molar-refractivity contribution in [2.24, 2.45) is 5.73 Å². The molecule has 0 bridgehead atoms. The molecule has 1 aliphatic heterocycles. The van der Waals surface area contributed by atoms with Gasteiger partial charge in [0.15, 0.2) is 0 Å². The summed E-state index contributed by atoms with van der Waals surface area (Å²) in [6.07, 6.45) is -5.32. The highest BCUT2D eigenvalue weighted by atomic mass is 19.4. The van der Waals surface area contributed by atoms with Gasteiger partial charge in [0.1, 0.15) is 22.9 Å². The largest absolute Gasteiger partial charge is 0.456 e. The van der Waals surface area contributed by atoms with Crippen molar-refractivity contribution in [3.05, 3.63) is 47.5 Å². The predicted molar refractivity (Wildman–Crippen MR) is 136 cm³/mol. The molecule has 2 aromatic carbocycles. The molecule has 1 aliphatic rings. The molecule has 1 unspecified atom stereocenters. The Morgan fingerprint density at radius 3 is 2.39 bits per heavy atom. The Hall–Kier alpha value is -3.18. The molecular weight excluding hydrogens is 504 g/mol. The van der Waals surface area contributed by atoms with Gasteiger partial charge in [-0.15, -0.1) is 0 Å². The maximum absolute atomic E-state index is 14.1. The molecule has 0 saturated carbocycles. The molecule has 0 radical (unpaired) electrons. The number of nitrogens with zero attached hydrogens (tertiary/aromatic N) is 2. The number of hydrogen-bond acceptors (Lipinski definition) is 5. The Balaban J connectivity index is 1.67. The zero-order valence-corrected chi connectivity index (χ0v) is 21.7. The third-order valence-corrected chi connectivity index (χ3v) is 6.90. The normalized spacial score (nSPS) is 19.2. The van der Waals surface area contributed by atoms with Crippen LogP contribution in [0.4, 0.5) is 17.6 Å². The van der Waals surface area contributed by atoms with Gasteiger partial charge >= 0.3 is 6.18 Å². The number of carbonyl (C=O) groups is 2. The second kappa shape index (κ2) is 10.2. The zero-order chi connectivity index (χ0) is 28.0. The molecule has 2 heterocycles. The first-order valence-corrected chi connectivity index (χ1v) is 12.4. The summed E-state index contributed by atoms with van der Waals surface area (Å²) in [5.41, 5.74) is 4.22. The predicted octanol–water partition coefficient (Wildman–Crippen LogP) is 4.55. The molecule has 38 heavy (non-hydrogen) atoms. The van der Waals surface area contributed by atoms with Gasteiger partial charge in [-0.05, 0) is 57.6 Å². The van der Waals surface area contributed by atoms with Crippen LogP contribution in [0.15, 0.2) is 40.8 Å². The number of nitrogens with one attached hydrogen (secondary N) is 1. The molecular formula is C27H32F4N4O3. The van der Waals surface area contributed by atoms with Gasteiger partial charge in [-0.1, -0.05) is 12.1 Å². The van der Waals surface area contributed by atoms with Gasteiger partial charge in [-0.3, -0.25) is 14.9 Å². The molecule has 3 N–H and O–H groups in total. The van der Waals surface area contributed by atoms with E-state index in [-0.39, 0.29) is 23.1 Å². The van der Waals surface area contributed by atoms with Crippen LogP contribution in [0.25, 0.3) is 21.9 Å². The number of piperazine rings is 1. The molecule has 4 rings (SSSR count). The van der Waals surface area contributed by atoms with Crippen LogP contribution < -0.4 is 11.1 Å². The van der Waals surface area contributed by atoms with Crippen LogP contribution in [-0.2, 0) is 4.79 Å². The minimum absolute atomic E-state index is 0.0413. The van der Waals surface area contributed by atoms with Crippen molar-refractivity contribution in [1.29, 1.82) is 0 Å². The Morgan fingerprint density at radius 2 is 1.79 bits per heavy atom. The smallest absolute Gasteiger partial charge is 0.407 e. The fraction of sp³-hybridized carbons (Fsp3) is 0.481. The SMILES string of the molecule is C[C@H]1CN(C)CCN1C(=O)c1ccc2oc3cc([C@H](NC(CC(C)(C)F)C(N)=O)C(F)(F)F)ccc3c2c1. The van der Waals surface area contributed by atoms with Gasteiger partial charge in [-0.25, -0.2) is 4.39 Å². The fourth-order valence-corrected chi connectivity index (χ4v) is 5.02. The van der Waals surface area contributed by atoms with E-state index in [0.29, 0.717) is 28.5 Å². The van der Waals surface area contributed by atoms with E-state index in [4.69, 9.17) is 10.2 Å². The van der Waals surface area contributed by atoms with Gasteiger partial charge < -0.3 is 20.0 Å². The van der Waals surface area contributed by atoms with Crippen molar-refractivity contribution in [1.82, 2.24) is 15.1 Å². The van der Waals surface area contributed by atoms with E-state index in [1.807, 2.05) is 18.9 Å². The molecule has 7 nitrogen and oxygen atoms in total. The number of rotatable bonds is 7. The quantitative estimate of drug-likeness (QED) is 0.433. The van der Waals surface area contributed by atoms with E-state index in [0.717, 1.165) is 26.9 Å². The van der Waals surface area contributed by atoms with Crippen LogP contribution in [0, 0.1) is 0 Å². The summed E-state index contributed by atoms with van der Waals surface area (Å²) in [4.78, 5) is 29.0. The maximum Gasteiger partial charge on any atom is 0.407 e. The summed E-state index contributed by atoms with van der Waals surface area (Å²) >= 11 is 0. The Morgan fingerprint density at radius 1 is 1.08 bits per heavy atom. The van der Waals surface area contributed by atoms with Gasteiger partial charge in [-0.2, -0.15) is 13.2 Å². The number of alkyl halides is 4. The summed E-state index contributed by atoms with van der Waals surface area (Å²) in [7, 11) is 2.00. The standard InChI is InChI=1S/C27H32F4N4O3/c1-15-14-34(4)9-10-35(15)25(37)17-6-8-21-19(11-17)18-7-5-16(12-22(18)38-21)23(27(29,30)31)33-20(24(32)36)13-26(2,3)28/h5-8,11-12,15,20,23,33H,9-10,13-14H2,1-4H3,(H2,32,36)/t15-,20?,23-/m0/s1. The van der Waals surface area contributed by atoms with Crippen molar-refractivity contribution in [2.75, 3.05) is 26.7 Å². The Bertz CT molecular complexity index is 1350. The lowest BCUT2D eigenvalue weighted by Gasteiger charge is -2.38. The topological polar surface area (TPSA) is 91.8 Å². The highest BCUT2D eigenvalue weighted by Crippen LogP contribution is 2.37. The average Bonchev–Trinajstić information content (AvgIpc) is 3.16. The number of benzene rings is 2. The number of furan rings is 1. The number of likely N-dealkylation sites (N-methyl/N-ethyl adjacent to an activating group) is 1. The second-order valence-corrected chi connectivity index (χ2v) is 10.7. The molecule has 206 valence electrons. The van der Waals surface area contributed by atoms with Crippen LogP contribution >= 0.6 is 0 Å². The zero-order valence-electron chi connectivity index (χ0n) is 21.7. The van der Waals surface area contributed by atoms with Crippen molar-refractivity contribution >= 4 is 33.8 Å². The summed E-state index contributed by atoms with van der Waals surface area (Å²) in [5, 5.41) is 3.34. The highest BCUT2D eigenvalue weighted by molar-refractivity contribution is 6.08. The molecule has 11 heteroatoms. The first-order valence-electron chi connectivity index (χ1n) is 12.4. The fourth-order valence-electron chi connectivity index (χ4n) is 5.02. The monoisotopic (exact) mass is 536 g/mol. The first-order chi connectivity index (χ1) is 17.6. The Kier molecular flexibility index (Phi) is 7.46. The molecule has 0 aliphatic carbocycles. The third-order valence-electron chi connectivity index (χ3n) is 6.90. The van der Waals surface area contributed by atoms with Crippen LogP contribution in [0.1, 0.15) is 49.2 Å². The number of nitrogens with two attached hydrogens (primary N) is 1. The molecule has 0 spiro atoms. The lowest BCUT2D eigenvalue weighted by molar-refractivity contribution is -0.161. The summed E-state index contributed by atoms with van der Waals surface area (Å²) < 4.78 is 62.1. The summed E-state index contributed by atoms with van der Waals surface area (Å²) in [5.74, 6) is -1.20. The first kappa shape index (κ1) is 27.8. The number of halogens is 4. The van der Waals surface area contributed by atoms with Crippen molar-refractivity contribution in [2.45, 2.75) is 57.2 Å². The molecule has 1 fully saturated rings. The van der Waals surface area contributed by atoms with Crippen LogP contribution in [0.5, 0.6) is 0 Å². The van der Waals surface area contributed by atoms with Crippen molar-refractivity contribution in [3.63, 3.8) is 0 Å². The summed E-state index contributed by atoms with van der Waals surface area (Å²) in [6.45, 7) is 6.45. The van der Waals surface area contributed by atoms with E-state index in [2.05, 4.69) is 10.2 Å². The van der Waals surface area contributed by atoms with Gasteiger partial charge in [0.2, 0.25) is 5.91 Å². The Labute approximate surface area is 217 Å². The second-order valence-electron chi connectivity index (χ2n) is 10.7. The molecule has 2 amide bonds. The van der Waals surface area contributed by atoms with E-state index in [1.54, 1.807) is 18.2 Å². The number of amides is 2. The van der Waals surface area contributed by atoms with Crippen molar-refractivity contribution in [3.8, 4) is 0 Å². The number of hydrogen-bond donors (Lipinski definition) is 2. The van der Waals surface area contributed by atoms with Crippen LogP contribution in [0.3, 0.4) is 0 Å². The van der Waals surface area contributed by atoms with E-state index in [9.17, 15) is 27.2 Å². The lowest BCUT2D eigenvalue weighted by Crippen LogP contribution is -2.52. The maximum atomic E-state index is 14.1. The highest BCUT2D eigenvalue weighted by Gasteiger charge is 2.43. The summed E-state index contributed by atoms with van der Waals surface area (Å²) in [6, 6.07) is 5.20. The third kappa shape index (κ3) is 5.94. The van der Waals surface area contributed by atoms with E-state index >= 15 is 0 Å². The van der Waals surface area contributed by atoms with Gasteiger partial charge in [0.05, 0.1) is 6.04 Å². The van der Waals surface area contributed by atoms with Crippen molar-refractivity contribution < 1.29 is 31.6 Å². The molecule has 3 aromatic rings. The molecule has 1 aromatic heterocycles. The number of carbonyl (C=O) groups excluding carboxylic acids is 2. The minimum Gasteiger partial charge on any atom is -0.456 e. The number of primary amides is 1. The molecule has 1 saturated heterocycles. The van der Waals surface area contributed by atoms with E-state index in [1.165, 1.54) is 18.2 Å². The minimum atomic E-state index is -4.80. The average molecular weight is 537 g/mol. The van der Waals surface area contributed by atoms with E-state index < -0.39 is 36.3 Å². The lowest BCUT2D eigenvalue weighted by atomic mass is 9.97. The van der Waals surface area contributed by atoms with Crippen LogP contribution in [-0.4, -0.2) is 72.2 Å². The van der Waals surface area contributed by atoms with Gasteiger partial charge in [0.25, 0.3) is 5.91 Å². The number of fused-ring (bicyclic) bond motifs is 3. The van der Waals surface area contributed by atoms with Gasteiger partial charge in [0, 0.05) is 48.4 Å². The van der Waals surface area contributed by atoms with Crippen LogP contribution in [0.2, 0.25) is 0 Å².